The number of amides is 1. The van der Waals surface area contributed by atoms with Crippen molar-refractivity contribution >= 4 is 38.4 Å². The average Bonchev–Trinajstić information content (AvgIpc) is 3.18. The Labute approximate surface area is 175 Å². The minimum atomic E-state index is -3.11. The van der Waals surface area contributed by atoms with Crippen molar-refractivity contribution in [1.82, 2.24) is 0 Å². The van der Waals surface area contributed by atoms with Crippen molar-refractivity contribution in [3.63, 3.8) is 0 Å². The van der Waals surface area contributed by atoms with E-state index in [0.29, 0.717) is 16.7 Å². The van der Waals surface area contributed by atoms with E-state index in [0.717, 1.165) is 31.4 Å². The number of methoxy groups -OCH3 is 2. The molecule has 0 aromatic heterocycles. The molecule has 1 aliphatic carbocycles. The second kappa shape index (κ2) is 8.18. The zero-order valence-corrected chi connectivity index (χ0v) is 18.3. The summed E-state index contributed by atoms with van der Waals surface area (Å²) in [4.78, 5) is 19.2. The standard InChI is InChI=1S/C20H26N2O5S2/c1-26-16-9-8-14(10-17(16)27-2)22-15-11-29(24,25)12-18(15)28-20(22)21-19(23)13-6-4-3-5-7-13/h8-10,13,15,18H,3-7,11-12H2,1-2H3/t15-,18+/m1/s1. The number of benzene rings is 1. The topological polar surface area (TPSA) is 85.3 Å². The van der Waals surface area contributed by atoms with Gasteiger partial charge in [-0.25, -0.2) is 8.42 Å². The maximum Gasteiger partial charge on any atom is 0.251 e. The van der Waals surface area contributed by atoms with Crippen LogP contribution in [0.3, 0.4) is 0 Å². The van der Waals surface area contributed by atoms with E-state index in [1.807, 2.05) is 17.0 Å². The zero-order chi connectivity index (χ0) is 20.6. The molecule has 1 aromatic carbocycles. The second-order valence-electron chi connectivity index (χ2n) is 7.78. The molecule has 0 N–H and O–H groups in total. The molecule has 2 aliphatic heterocycles. The number of nitrogens with zero attached hydrogens (tertiary/aromatic N) is 2. The molecule has 29 heavy (non-hydrogen) atoms. The van der Waals surface area contributed by atoms with Gasteiger partial charge in [-0.15, -0.1) is 0 Å². The number of thioether (sulfide) groups is 1. The first-order valence-electron chi connectivity index (χ1n) is 9.93. The van der Waals surface area contributed by atoms with Crippen LogP contribution in [0.2, 0.25) is 0 Å². The van der Waals surface area contributed by atoms with Crippen LogP contribution in [-0.2, 0) is 14.6 Å². The van der Waals surface area contributed by atoms with Gasteiger partial charge in [-0.2, -0.15) is 4.99 Å². The summed E-state index contributed by atoms with van der Waals surface area (Å²) in [5.74, 6) is 1.22. The van der Waals surface area contributed by atoms with Crippen LogP contribution in [-0.4, -0.2) is 56.5 Å². The van der Waals surface area contributed by atoms with Crippen molar-refractivity contribution in [1.29, 1.82) is 0 Å². The molecule has 3 aliphatic rings. The third kappa shape index (κ3) is 4.12. The maximum absolute atomic E-state index is 12.8. The first-order valence-corrected chi connectivity index (χ1v) is 12.6. The lowest BCUT2D eigenvalue weighted by molar-refractivity contribution is -0.122. The molecule has 158 valence electrons. The summed E-state index contributed by atoms with van der Waals surface area (Å²) in [5.41, 5.74) is 0.759. The van der Waals surface area contributed by atoms with Crippen molar-refractivity contribution in [2.24, 2.45) is 10.9 Å². The summed E-state index contributed by atoms with van der Waals surface area (Å²) in [6, 6.07) is 5.22. The summed E-state index contributed by atoms with van der Waals surface area (Å²) in [6.07, 6.45) is 5.08. The first kappa shape index (κ1) is 20.5. The van der Waals surface area contributed by atoms with Gasteiger partial charge < -0.3 is 14.4 Å². The number of sulfone groups is 1. The Morgan fingerprint density at radius 3 is 2.52 bits per heavy atom. The van der Waals surface area contributed by atoms with E-state index in [1.54, 1.807) is 20.3 Å². The lowest BCUT2D eigenvalue weighted by Gasteiger charge is -2.26. The van der Waals surface area contributed by atoms with Crippen LogP contribution in [0.15, 0.2) is 23.2 Å². The van der Waals surface area contributed by atoms with E-state index >= 15 is 0 Å². The number of hydrogen-bond acceptors (Lipinski definition) is 6. The molecule has 0 unspecified atom stereocenters. The molecule has 1 saturated carbocycles. The van der Waals surface area contributed by atoms with Gasteiger partial charge >= 0.3 is 0 Å². The SMILES string of the molecule is COc1ccc(N2C(=NC(=O)C3CCCCC3)S[C@H]3CS(=O)(=O)C[C@H]32)cc1OC. The minimum Gasteiger partial charge on any atom is -0.493 e. The van der Waals surface area contributed by atoms with Crippen molar-refractivity contribution in [3.05, 3.63) is 18.2 Å². The quantitative estimate of drug-likeness (QED) is 0.714. The monoisotopic (exact) mass is 438 g/mol. The Morgan fingerprint density at radius 2 is 1.83 bits per heavy atom. The van der Waals surface area contributed by atoms with Crippen molar-refractivity contribution in [3.8, 4) is 11.5 Å². The van der Waals surface area contributed by atoms with E-state index in [9.17, 15) is 13.2 Å². The highest BCUT2D eigenvalue weighted by Crippen LogP contribution is 2.43. The third-order valence-corrected chi connectivity index (χ3v) is 9.08. The second-order valence-corrected chi connectivity index (χ2v) is 11.1. The number of ether oxygens (including phenoxy) is 2. The van der Waals surface area contributed by atoms with Crippen LogP contribution >= 0.6 is 11.8 Å². The van der Waals surface area contributed by atoms with Gasteiger partial charge in [0.25, 0.3) is 5.91 Å². The molecular weight excluding hydrogens is 412 g/mol. The van der Waals surface area contributed by atoms with Gasteiger partial charge in [-0.3, -0.25) is 4.79 Å². The predicted molar refractivity (Wildman–Crippen MR) is 115 cm³/mol. The van der Waals surface area contributed by atoms with E-state index in [2.05, 4.69) is 4.99 Å². The Kier molecular flexibility index (Phi) is 5.79. The van der Waals surface area contributed by atoms with Crippen LogP contribution in [0.1, 0.15) is 32.1 Å². The summed E-state index contributed by atoms with van der Waals surface area (Å²) >= 11 is 1.41. The Hall–Kier alpha value is -1.74. The fourth-order valence-corrected chi connectivity index (χ4v) is 8.30. The van der Waals surface area contributed by atoms with Crippen LogP contribution in [0, 0.1) is 5.92 Å². The van der Waals surface area contributed by atoms with Gasteiger partial charge in [0, 0.05) is 22.9 Å². The number of rotatable bonds is 4. The van der Waals surface area contributed by atoms with Gasteiger partial charge in [-0.1, -0.05) is 31.0 Å². The number of carbonyl (C=O) groups is 1. The number of carbonyl (C=O) groups excluding carboxylic acids is 1. The van der Waals surface area contributed by atoms with Crippen molar-refractivity contribution in [2.45, 2.75) is 43.4 Å². The van der Waals surface area contributed by atoms with Crippen molar-refractivity contribution < 1.29 is 22.7 Å². The van der Waals surface area contributed by atoms with Gasteiger partial charge in [0.1, 0.15) is 0 Å². The van der Waals surface area contributed by atoms with Gasteiger partial charge in [-0.05, 0) is 25.0 Å². The number of anilines is 1. The summed E-state index contributed by atoms with van der Waals surface area (Å²) < 4.78 is 35.2. The van der Waals surface area contributed by atoms with Crippen LogP contribution in [0.4, 0.5) is 5.69 Å². The average molecular weight is 439 g/mol. The summed E-state index contributed by atoms with van der Waals surface area (Å²) in [5, 5.41) is 0.476. The molecule has 2 saturated heterocycles. The molecule has 0 bridgehead atoms. The van der Waals surface area contributed by atoms with Crippen molar-refractivity contribution in [2.75, 3.05) is 30.6 Å². The number of amidine groups is 1. The summed E-state index contributed by atoms with van der Waals surface area (Å²) in [7, 11) is 0.0226. The molecule has 0 spiro atoms. The predicted octanol–water partition coefficient (Wildman–Crippen LogP) is 2.89. The molecule has 7 nitrogen and oxygen atoms in total. The molecule has 3 fully saturated rings. The largest absolute Gasteiger partial charge is 0.493 e. The van der Waals surface area contributed by atoms with E-state index in [-0.39, 0.29) is 34.6 Å². The third-order valence-electron chi connectivity index (χ3n) is 5.87. The van der Waals surface area contributed by atoms with E-state index < -0.39 is 9.84 Å². The fourth-order valence-electron chi connectivity index (χ4n) is 4.38. The Bertz CT molecular complexity index is 925. The highest BCUT2D eigenvalue weighted by Gasteiger charge is 2.49. The molecular formula is C20H26N2O5S2. The molecule has 2 atom stereocenters. The Balaban J connectivity index is 1.69. The highest BCUT2D eigenvalue weighted by molar-refractivity contribution is 8.16. The first-order chi connectivity index (χ1) is 13.9. The summed E-state index contributed by atoms with van der Waals surface area (Å²) in [6.45, 7) is 0. The number of hydrogen-bond donors (Lipinski definition) is 0. The lowest BCUT2D eigenvalue weighted by atomic mass is 9.89. The normalized spacial score (nSPS) is 27.8. The van der Waals surface area contributed by atoms with Crippen LogP contribution in [0.25, 0.3) is 0 Å². The molecule has 4 rings (SSSR count). The molecule has 1 amide bonds. The van der Waals surface area contributed by atoms with Crippen LogP contribution in [0.5, 0.6) is 11.5 Å². The van der Waals surface area contributed by atoms with Gasteiger partial charge in [0.15, 0.2) is 26.5 Å². The minimum absolute atomic E-state index is 0.0201. The van der Waals surface area contributed by atoms with Gasteiger partial charge in [0.05, 0.1) is 31.8 Å². The molecule has 0 radical (unpaired) electrons. The smallest absolute Gasteiger partial charge is 0.251 e. The Morgan fingerprint density at radius 1 is 1.10 bits per heavy atom. The lowest BCUT2D eigenvalue weighted by Crippen LogP contribution is -2.38. The zero-order valence-electron chi connectivity index (χ0n) is 16.7. The molecule has 2 heterocycles. The van der Waals surface area contributed by atoms with Crippen LogP contribution < -0.4 is 14.4 Å². The van der Waals surface area contributed by atoms with E-state index in [1.165, 1.54) is 18.2 Å². The number of aliphatic imine (C=N–C) groups is 1. The molecule has 1 aromatic rings. The highest BCUT2D eigenvalue weighted by atomic mass is 32.2. The van der Waals surface area contributed by atoms with E-state index in [4.69, 9.17) is 9.47 Å². The maximum atomic E-state index is 12.8. The molecule has 9 heteroatoms. The van der Waals surface area contributed by atoms with Gasteiger partial charge in [0.2, 0.25) is 0 Å². The number of fused-ring (bicyclic) bond motifs is 1. The fraction of sp³-hybridized carbons (Fsp3) is 0.600.